The molecule has 0 saturated carbocycles. The largest absolute Gasteiger partial charge is 0.369 e. The van der Waals surface area contributed by atoms with E-state index < -0.39 is 24.5 Å². The highest BCUT2D eigenvalue weighted by Crippen LogP contribution is 1.83. The van der Waals surface area contributed by atoms with Crippen molar-refractivity contribution in [3.8, 4) is 0 Å². The normalized spacial score (nSPS) is 14.5. The van der Waals surface area contributed by atoms with Crippen molar-refractivity contribution in [2.45, 2.75) is 12.5 Å². The fourth-order valence-electron chi connectivity index (χ4n) is 0.449. The number of amides is 4. The van der Waals surface area contributed by atoms with Gasteiger partial charge in [-0.05, 0) is 0 Å². The molecule has 0 aliphatic rings. The molecule has 0 aromatic heterocycles. The predicted octanol–water partition coefficient (Wildman–Crippen LogP) is -3.04. The van der Waals surface area contributed by atoms with Crippen LogP contribution in [-0.4, -0.2) is 34.7 Å². The van der Waals surface area contributed by atoms with Crippen LogP contribution < -0.4 is 22.1 Å². The van der Waals surface area contributed by atoms with Gasteiger partial charge in [0.05, 0.1) is 0 Å². The van der Waals surface area contributed by atoms with Crippen LogP contribution in [0.3, 0.4) is 0 Å². The zero-order chi connectivity index (χ0) is 9.72. The van der Waals surface area contributed by atoms with Crippen LogP contribution in [0.4, 0.5) is 9.59 Å². The van der Waals surface area contributed by atoms with E-state index in [9.17, 15) is 9.59 Å². The second-order valence-corrected chi connectivity index (χ2v) is 1.91. The van der Waals surface area contributed by atoms with E-state index in [4.69, 9.17) is 10.2 Å². The summed E-state index contributed by atoms with van der Waals surface area (Å²) in [6.45, 7) is 0. The molecule has 0 bridgehead atoms. The molecule has 0 rings (SSSR count). The van der Waals surface area contributed by atoms with Gasteiger partial charge in [0.1, 0.15) is 0 Å². The molecule has 8 heteroatoms. The number of aliphatic hydroxyl groups is 2. The van der Waals surface area contributed by atoms with Gasteiger partial charge in [-0.2, -0.15) is 0 Å². The van der Waals surface area contributed by atoms with E-state index in [0.29, 0.717) is 0 Å². The number of aliphatic hydroxyl groups excluding tert-OH is 2. The maximum Gasteiger partial charge on any atom is 0.314 e. The van der Waals surface area contributed by atoms with Crippen LogP contribution in [-0.2, 0) is 0 Å². The predicted molar refractivity (Wildman–Crippen MR) is 37.5 cm³/mol. The van der Waals surface area contributed by atoms with Crippen molar-refractivity contribution >= 4 is 12.1 Å². The summed E-state index contributed by atoms with van der Waals surface area (Å²) in [6.07, 6.45) is -3.37. The minimum atomic E-state index is -1.69. The molecular weight excluding hydrogens is 168 g/mol. The maximum absolute atomic E-state index is 10.1. The van der Waals surface area contributed by atoms with E-state index in [1.165, 1.54) is 0 Å². The molecule has 0 fully saturated rings. The van der Waals surface area contributed by atoms with E-state index in [-0.39, 0.29) is 0 Å². The minimum absolute atomic E-state index is 1.03. The molecule has 0 aliphatic heterocycles. The number of hydrogen-bond acceptors (Lipinski definition) is 4. The molecule has 0 aromatic carbocycles. The average Bonchev–Trinajstić information content (AvgIpc) is 1.84. The first-order chi connectivity index (χ1) is 5.43. The van der Waals surface area contributed by atoms with Gasteiger partial charge in [-0.15, -0.1) is 0 Å². The Bertz CT molecular complexity index is 164. The quantitative estimate of drug-likeness (QED) is 0.254. The molecule has 70 valence electrons. The molecule has 0 heterocycles. The molecule has 8 nitrogen and oxygen atoms in total. The van der Waals surface area contributed by atoms with Gasteiger partial charge in [-0.1, -0.05) is 0 Å². The molecule has 4 amide bonds. The summed E-state index contributed by atoms with van der Waals surface area (Å²) < 4.78 is 0. The molecule has 12 heavy (non-hydrogen) atoms. The Kier molecular flexibility index (Phi) is 3.80. The van der Waals surface area contributed by atoms with Crippen LogP contribution in [0.5, 0.6) is 0 Å². The number of urea groups is 2. The summed E-state index contributed by atoms with van der Waals surface area (Å²) in [4.78, 5) is 20.2. The summed E-state index contributed by atoms with van der Waals surface area (Å²) >= 11 is 0. The number of primary amides is 2. The third-order valence-corrected chi connectivity index (χ3v) is 0.879. The number of hydrogen-bond donors (Lipinski definition) is 6. The van der Waals surface area contributed by atoms with Crippen molar-refractivity contribution in [2.75, 3.05) is 0 Å². The first-order valence-electron chi connectivity index (χ1n) is 2.91. The highest BCUT2D eigenvalue weighted by Gasteiger charge is 2.17. The molecule has 0 spiro atoms. The van der Waals surface area contributed by atoms with Gasteiger partial charge in [-0.3, -0.25) is 0 Å². The fraction of sp³-hybridized carbons (Fsp3) is 0.500. The number of nitrogens with one attached hydrogen (secondary N) is 2. The third-order valence-electron chi connectivity index (χ3n) is 0.879. The first kappa shape index (κ1) is 10.5. The van der Waals surface area contributed by atoms with Crippen molar-refractivity contribution in [3.05, 3.63) is 0 Å². The van der Waals surface area contributed by atoms with Crippen molar-refractivity contribution < 1.29 is 19.8 Å². The molecule has 0 aliphatic carbocycles. The molecule has 2 unspecified atom stereocenters. The van der Waals surface area contributed by atoms with Crippen molar-refractivity contribution in [2.24, 2.45) is 11.5 Å². The van der Waals surface area contributed by atoms with Gasteiger partial charge in [0.25, 0.3) is 0 Å². The Morgan fingerprint density at radius 3 is 1.42 bits per heavy atom. The Morgan fingerprint density at radius 2 is 1.25 bits per heavy atom. The smallest absolute Gasteiger partial charge is 0.314 e. The Morgan fingerprint density at radius 1 is 1.00 bits per heavy atom. The van der Waals surface area contributed by atoms with Crippen molar-refractivity contribution in [1.29, 1.82) is 0 Å². The monoisotopic (exact) mass is 178 g/mol. The fourth-order valence-corrected chi connectivity index (χ4v) is 0.449. The van der Waals surface area contributed by atoms with E-state index in [2.05, 4.69) is 11.5 Å². The lowest BCUT2D eigenvalue weighted by Crippen LogP contribution is -2.53. The van der Waals surface area contributed by atoms with E-state index >= 15 is 0 Å². The number of carbonyl (C=O) groups excluding carboxylic acids is 2. The molecule has 0 saturated heterocycles. The summed E-state index contributed by atoms with van der Waals surface area (Å²) in [5.74, 6) is 0. The Labute approximate surface area is 67.5 Å². The van der Waals surface area contributed by atoms with Gasteiger partial charge in [0, 0.05) is 0 Å². The number of carbonyl (C=O) groups is 2. The van der Waals surface area contributed by atoms with Gasteiger partial charge >= 0.3 is 12.1 Å². The van der Waals surface area contributed by atoms with Crippen LogP contribution in [0.15, 0.2) is 0 Å². The van der Waals surface area contributed by atoms with Gasteiger partial charge < -0.3 is 32.3 Å². The van der Waals surface area contributed by atoms with Crippen LogP contribution in [0.1, 0.15) is 0 Å². The lowest BCUT2D eigenvalue weighted by Gasteiger charge is -2.17. The second kappa shape index (κ2) is 4.36. The van der Waals surface area contributed by atoms with E-state index in [1.54, 1.807) is 10.6 Å². The standard InChI is InChI=1S/C4H10N4O4/c5-3(11)7-1(9)2(10)8-4(6)12/h1-2,9-10H,(H3,5,7,11)(H3,6,8,12). The van der Waals surface area contributed by atoms with Crippen LogP contribution >= 0.6 is 0 Å². The molecule has 8 N–H and O–H groups in total. The average molecular weight is 178 g/mol. The summed E-state index contributed by atoms with van der Waals surface area (Å²) in [5.41, 5.74) is 9.19. The van der Waals surface area contributed by atoms with Gasteiger partial charge in [0.2, 0.25) is 0 Å². The maximum atomic E-state index is 10.1. The minimum Gasteiger partial charge on any atom is -0.369 e. The SMILES string of the molecule is NC(=O)NC(O)C(O)NC(N)=O. The van der Waals surface area contributed by atoms with E-state index in [0.717, 1.165) is 0 Å². The lowest BCUT2D eigenvalue weighted by atomic mass is 10.5. The second-order valence-electron chi connectivity index (χ2n) is 1.91. The first-order valence-corrected chi connectivity index (χ1v) is 2.91. The van der Waals surface area contributed by atoms with Crippen LogP contribution in [0.25, 0.3) is 0 Å². The zero-order valence-corrected chi connectivity index (χ0v) is 6.02. The van der Waals surface area contributed by atoms with E-state index in [1.807, 2.05) is 0 Å². The molecule has 0 radical (unpaired) electrons. The highest BCUT2D eigenvalue weighted by molar-refractivity contribution is 5.73. The number of nitrogens with two attached hydrogens (primary N) is 2. The number of rotatable bonds is 3. The third kappa shape index (κ3) is 4.30. The van der Waals surface area contributed by atoms with Crippen LogP contribution in [0, 0.1) is 0 Å². The summed E-state index contributed by atoms with van der Waals surface area (Å²) in [5, 5.41) is 21.1. The van der Waals surface area contributed by atoms with Crippen molar-refractivity contribution in [1.82, 2.24) is 10.6 Å². The Balaban J connectivity index is 3.83. The summed E-state index contributed by atoms with van der Waals surface area (Å²) in [6, 6.07) is -2.07. The van der Waals surface area contributed by atoms with Crippen molar-refractivity contribution in [3.63, 3.8) is 0 Å². The zero-order valence-electron chi connectivity index (χ0n) is 6.02. The van der Waals surface area contributed by atoms with Gasteiger partial charge in [0.15, 0.2) is 12.5 Å². The van der Waals surface area contributed by atoms with Crippen LogP contribution in [0.2, 0.25) is 0 Å². The Hall–Kier alpha value is -1.54. The lowest BCUT2D eigenvalue weighted by molar-refractivity contribution is -0.00568. The van der Waals surface area contributed by atoms with Gasteiger partial charge in [-0.25, -0.2) is 9.59 Å². The molecule has 2 atom stereocenters. The topological polar surface area (TPSA) is 151 Å². The molecule has 0 aromatic rings. The summed E-state index contributed by atoms with van der Waals surface area (Å²) in [7, 11) is 0. The molecular formula is C4H10N4O4. The highest BCUT2D eigenvalue weighted by atomic mass is 16.4.